The van der Waals surface area contributed by atoms with Gasteiger partial charge in [0.1, 0.15) is 0 Å². The maximum atomic E-state index is 11.4. The number of nitrogens with one attached hydrogen (secondary N) is 1. The average Bonchev–Trinajstić information content (AvgIpc) is 2.63. The number of nitrogens with zero attached hydrogens (tertiary/aromatic N) is 1. The zero-order chi connectivity index (χ0) is 11.8. The first kappa shape index (κ1) is 10.9. The van der Waals surface area contributed by atoms with Crippen molar-refractivity contribution in [3.8, 4) is 0 Å². The van der Waals surface area contributed by atoms with Crippen molar-refractivity contribution in [1.29, 1.82) is 0 Å². The lowest BCUT2D eigenvalue weighted by molar-refractivity contribution is 0.252. The number of urea groups is 1. The van der Waals surface area contributed by atoms with Gasteiger partial charge in [0.05, 0.1) is 4.90 Å². The van der Waals surface area contributed by atoms with E-state index in [0.29, 0.717) is 18.8 Å². The predicted molar refractivity (Wildman–Crippen MR) is 60.3 cm³/mol. The predicted octanol–water partition coefficient (Wildman–Crippen LogP) is 0.620. The molecule has 0 bridgehead atoms. The SMILES string of the molecule is CS(=O)(=O)c1ccc(N2CCNC2=O)cc1. The van der Waals surface area contributed by atoms with Crippen LogP contribution in [0.15, 0.2) is 29.2 Å². The van der Waals surface area contributed by atoms with E-state index in [2.05, 4.69) is 5.32 Å². The van der Waals surface area contributed by atoms with Crippen molar-refractivity contribution in [3.05, 3.63) is 24.3 Å². The molecule has 0 unspecified atom stereocenters. The van der Waals surface area contributed by atoms with Gasteiger partial charge < -0.3 is 5.32 Å². The van der Waals surface area contributed by atoms with Gasteiger partial charge in [-0.05, 0) is 24.3 Å². The Hall–Kier alpha value is -1.56. The fourth-order valence-electron chi connectivity index (χ4n) is 1.59. The summed E-state index contributed by atoms with van der Waals surface area (Å²) in [5, 5.41) is 2.68. The summed E-state index contributed by atoms with van der Waals surface area (Å²) in [6.07, 6.45) is 1.16. The number of carbonyl (C=O) groups is 1. The Labute approximate surface area is 94.0 Å². The molecule has 5 nitrogen and oxygen atoms in total. The number of amides is 2. The molecule has 0 saturated carbocycles. The molecule has 1 N–H and O–H groups in total. The van der Waals surface area contributed by atoms with Gasteiger partial charge in [-0.15, -0.1) is 0 Å². The third kappa shape index (κ3) is 2.01. The van der Waals surface area contributed by atoms with E-state index in [1.54, 1.807) is 17.0 Å². The van der Waals surface area contributed by atoms with Crippen molar-refractivity contribution in [2.24, 2.45) is 0 Å². The number of sulfone groups is 1. The van der Waals surface area contributed by atoms with Crippen molar-refractivity contribution in [3.63, 3.8) is 0 Å². The molecule has 0 radical (unpaired) electrons. The molecule has 1 heterocycles. The van der Waals surface area contributed by atoms with E-state index in [4.69, 9.17) is 0 Å². The number of benzene rings is 1. The van der Waals surface area contributed by atoms with Crippen molar-refractivity contribution >= 4 is 21.6 Å². The lowest BCUT2D eigenvalue weighted by atomic mass is 10.3. The van der Waals surface area contributed by atoms with Crippen LogP contribution in [0.2, 0.25) is 0 Å². The van der Waals surface area contributed by atoms with Crippen LogP contribution in [0.1, 0.15) is 0 Å². The van der Waals surface area contributed by atoms with Gasteiger partial charge in [-0.1, -0.05) is 0 Å². The van der Waals surface area contributed by atoms with Crippen LogP contribution in [-0.2, 0) is 9.84 Å². The number of hydrogen-bond donors (Lipinski definition) is 1. The highest BCUT2D eigenvalue weighted by molar-refractivity contribution is 7.90. The molecule has 1 saturated heterocycles. The third-order valence-electron chi connectivity index (χ3n) is 2.43. The molecule has 6 heteroatoms. The summed E-state index contributed by atoms with van der Waals surface area (Å²) in [7, 11) is -3.18. The molecule has 0 aliphatic carbocycles. The first-order valence-corrected chi connectivity index (χ1v) is 6.73. The average molecular weight is 240 g/mol. The minimum Gasteiger partial charge on any atom is -0.336 e. The zero-order valence-electron chi connectivity index (χ0n) is 8.80. The largest absolute Gasteiger partial charge is 0.336 e. The van der Waals surface area contributed by atoms with E-state index < -0.39 is 9.84 Å². The molecule has 1 aliphatic heterocycles. The molecule has 1 aromatic carbocycles. The number of carbonyl (C=O) groups excluding carboxylic acids is 1. The van der Waals surface area contributed by atoms with Crippen molar-refractivity contribution < 1.29 is 13.2 Å². The maximum absolute atomic E-state index is 11.4. The van der Waals surface area contributed by atoms with E-state index in [9.17, 15) is 13.2 Å². The van der Waals surface area contributed by atoms with Gasteiger partial charge in [0.15, 0.2) is 9.84 Å². The standard InChI is InChI=1S/C10H12N2O3S/c1-16(14,15)9-4-2-8(3-5-9)12-7-6-11-10(12)13/h2-5H,6-7H2,1H3,(H,11,13). The summed E-state index contributed by atoms with van der Waals surface area (Å²) < 4.78 is 22.5. The van der Waals surface area contributed by atoms with Gasteiger partial charge >= 0.3 is 6.03 Å². The van der Waals surface area contributed by atoms with Gasteiger partial charge in [-0.2, -0.15) is 0 Å². The molecule has 86 valence electrons. The highest BCUT2D eigenvalue weighted by Crippen LogP contribution is 2.19. The number of anilines is 1. The van der Waals surface area contributed by atoms with Crippen LogP contribution >= 0.6 is 0 Å². The summed E-state index contributed by atoms with van der Waals surface area (Å²) in [4.78, 5) is 13.2. The Morgan fingerprint density at radius 2 is 1.88 bits per heavy atom. The Bertz CT molecular complexity index is 507. The molecule has 0 spiro atoms. The van der Waals surface area contributed by atoms with Crippen LogP contribution in [0.25, 0.3) is 0 Å². The molecular weight excluding hydrogens is 228 g/mol. The second kappa shape index (κ2) is 3.79. The summed E-state index contributed by atoms with van der Waals surface area (Å²) in [5.74, 6) is 0. The third-order valence-corrected chi connectivity index (χ3v) is 3.56. The molecule has 0 atom stereocenters. The van der Waals surface area contributed by atoms with Crippen molar-refractivity contribution in [2.75, 3.05) is 24.2 Å². The fraction of sp³-hybridized carbons (Fsp3) is 0.300. The van der Waals surface area contributed by atoms with Crippen LogP contribution in [0, 0.1) is 0 Å². The van der Waals surface area contributed by atoms with Crippen LogP contribution in [0.3, 0.4) is 0 Å². The van der Waals surface area contributed by atoms with E-state index in [0.717, 1.165) is 6.26 Å². The summed E-state index contributed by atoms with van der Waals surface area (Å²) in [6, 6.07) is 6.15. The fourth-order valence-corrected chi connectivity index (χ4v) is 2.22. The Kier molecular flexibility index (Phi) is 2.59. The van der Waals surface area contributed by atoms with Gasteiger partial charge in [0.2, 0.25) is 0 Å². The molecule has 2 amide bonds. The zero-order valence-corrected chi connectivity index (χ0v) is 9.62. The highest BCUT2D eigenvalue weighted by atomic mass is 32.2. The van der Waals surface area contributed by atoms with Crippen LogP contribution < -0.4 is 10.2 Å². The van der Waals surface area contributed by atoms with E-state index >= 15 is 0 Å². The number of hydrogen-bond acceptors (Lipinski definition) is 3. The highest BCUT2D eigenvalue weighted by Gasteiger charge is 2.21. The first-order valence-electron chi connectivity index (χ1n) is 4.84. The van der Waals surface area contributed by atoms with Crippen LogP contribution in [0.5, 0.6) is 0 Å². The molecular formula is C10H12N2O3S. The van der Waals surface area contributed by atoms with Gasteiger partial charge in [-0.25, -0.2) is 13.2 Å². The van der Waals surface area contributed by atoms with E-state index in [1.807, 2.05) is 0 Å². The molecule has 1 fully saturated rings. The normalized spacial score (nSPS) is 16.3. The molecule has 2 rings (SSSR count). The minimum absolute atomic E-state index is 0.146. The minimum atomic E-state index is -3.18. The smallest absolute Gasteiger partial charge is 0.321 e. The van der Waals surface area contributed by atoms with E-state index in [1.165, 1.54) is 12.1 Å². The second-order valence-corrected chi connectivity index (χ2v) is 5.67. The molecule has 1 aromatic rings. The second-order valence-electron chi connectivity index (χ2n) is 3.65. The Morgan fingerprint density at radius 1 is 1.25 bits per heavy atom. The quantitative estimate of drug-likeness (QED) is 0.824. The molecule has 1 aliphatic rings. The van der Waals surface area contributed by atoms with Crippen LogP contribution in [0.4, 0.5) is 10.5 Å². The lowest BCUT2D eigenvalue weighted by Gasteiger charge is -2.14. The van der Waals surface area contributed by atoms with Crippen LogP contribution in [-0.4, -0.2) is 33.8 Å². The van der Waals surface area contributed by atoms with Gasteiger partial charge in [0, 0.05) is 25.0 Å². The summed E-state index contributed by atoms with van der Waals surface area (Å²) >= 11 is 0. The van der Waals surface area contributed by atoms with E-state index in [-0.39, 0.29) is 10.9 Å². The summed E-state index contributed by atoms with van der Waals surface area (Å²) in [5.41, 5.74) is 0.711. The Morgan fingerprint density at radius 3 is 2.31 bits per heavy atom. The van der Waals surface area contributed by atoms with Crippen molar-refractivity contribution in [1.82, 2.24) is 5.32 Å². The topological polar surface area (TPSA) is 66.5 Å². The monoisotopic (exact) mass is 240 g/mol. The molecule has 0 aromatic heterocycles. The van der Waals surface area contributed by atoms with Gasteiger partial charge in [0.25, 0.3) is 0 Å². The number of rotatable bonds is 2. The van der Waals surface area contributed by atoms with Crippen molar-refractivity contribution in [2.45, 2.75) is 4.90 Å². The van der Waals surface area contributed by atoms with Gasteiger partial charge in [-0.3, -0.25) is 4.90 Å². The summed E-state index contributed by atoms with van der Waals surface area (Å²) in [6.45, 7) is 1.23. The molecule has 16 heavy (non-hydrogen) atoms. The lowest BCUT2D eigenvalue weighted by Crippen LogP contribution is -2.27. The first-order chi connectivity index (χ1) is 7.48. The Balaban J connectivity index is 2.29. The maximum Gasteiger partial charge on any atom is 0.321 e.